The molecule has 4 rings (SSSR count). The Morgan fingerprint density at radius 2 is 1.80 bits per heavy atom. The SMILES string of the molecule is Nc1nc2c(c(-c3ccc([N+](=O)[O-])cc3)cn2[C@H]2C[C@H](O)[C@@H](COP(=O)(O)OP(=O)(O)OP(=O)(O)O)O2)c(=O)[nH]1. The predicted molar refractivity (Wildman–Crippen MR) is 131 cm³/mol. The van der Waals surface area contributed by atoms with Gasteiger partial charge in [0.05, 0.1) is 23.0 Å². The molecule has 218 valence electrons. The molecule has 1 fully saturated rings. The van der Waals surface area contributed by atoms with Crippen molar-refractivity contribution < 1.29 is 61.2 Å². The van der Waals surface area contributed by atoms with Gasteiger partial charge < -0.3 is 39.7 Å². The van der Waals surface area contributed by atoms with Crippen LogP contribution in [0.5, 0.6) is 0 Å². The number of phosphoric ester groups is 1. The zero-order valence-electron chi connectivity index (χ0n) is 19.6. The van der Waals surface area contributed by atoms with Crippen molar-refractivity contribution in [2.45, 2.75) is 24.9 Å². The van der Waals surface area contributed by atoms with Crippen LogP contribution in [-0.4, -0.2) is 63.0 Å². The highest BCUT2D eigenvalue weighted by atomic mass is 31.3. The number of hydrogen-bond acceptors (Lipinski definition) is 13. The van der Waals surface area contributed by atoms with Crippen LogP contribution in [0.3, 0.4) is 0 Å². The third-order valence-corrected chi connectivity index (χ3v) is 9.22. The number of non-ortho nitro benzene ring substituents is 1. The molecule has 1 aliphatic heterocycles. The number of aliphatic hydroxyl groups excluding tert-OH is 1. The van der Waals surface area contributed by atoms with Gasteiger partial charge in [-0.1, -0.05) is 0 Å². The van der Waals surface area contributed by atoms with E-state index in [2.05, 4.69) is 23.1 Å². The second-order valence-corrected chi connectivity index (χ2v) is 12.6. The van der Waals surface area contributed by atoms with Crippen LogP contribution in [0.25, 0.3) is 22.2 Å². The summed E-state index contributed by atoms with van der Waals surface area (Å²) in [4.78, 5) is 65.7. The molecular formula is C17H20N5O15P3. The number of hydrogen-bond donors (Lipinski definition) is 7. The van der Waals surface area contributed by atoms with E-state index in [9.17, 15) is 43.5 Å². The largest absolute Gasteiger partial charge is 0.490 e. The molecule has 3 heterocycles. The monoisotopic (exact) mass is 627 g/mol. The standard InChI is InChI=1S/C17H20N5O15P3/c18-17-19-15-14(16(24)20-17)10(8-1-3-9(4-2-8)22(25)26)6-21(15)13-5-11(23)12(35-13)7-34-39(30,31)37-40(32,33)36-38(27,28)29/h1-4,6,11-13,23H,5,7H2,(H,30,31)(H,32,33)(H2,27,28,29)(H3,18,19,20,24)/t11-,12+,13+/m0/s1. The molecule has 0 spiro atoms. The zero-order chi connectivity index (χ0) is 29.6. The van der Waals surface area contributed by atoms with Crippen LogP contribution >= 0.6 is 23.5 Å². The number of rotatable bonds is 10. The number of fused-ring (bicyclic) bond motifs is 1. The molecule has 20 nitrogen and oxygen atoms in total. The average Bonchev–Trinajstić information content (AvgIpc) is 3.36. The van der Waals surface area contributed by atoms with Crippen molar-refractivity contribution >= 4 is 46.1 Å². The molecule has 0 amide bonds. The highest BCUT2D eigenvalue weighted by Crippen LogP contribution is 2.66. The van der Waals surface area contributed by atoms with Gasteiger partial charge in [-0.15, -0.1) is 0 Å². The second-order valence-electron chi connectivity index (χ2n) is 8.22. The Bertz CT molecular complexity index is 1650. The van der Waals surface area contributed by atoms with E-state index in [0.717, 1.165) is 0 Å². The molecule has 40 heavy (non-hydrogen) atoms. The lowest BCUT2D eigenvalue weighted by Crippen LogP contribution is -2.26. The molecule has 2 unspecified atom stereocenters. The number of nitrogens with two attached hydrogens (primary N) is 1. The van der Waals surface area contributed by atoms with Crippen molar-refractivity contribution in [3.8, 4) is 11.1 Å². The van der Waals surface area contributed by atoms with Crippen molar-refractivity contribution in [3.05, 3.63) is 50.9 Å². The lowest BCUT2D eigenvalue weighted by atomic mass is 10.1. The van der Waals surface area contributed by atoms with Crippen molar-refractivity contribution in [3.63, 3.8) is 0 Å². The Morgan fingerprint density at radius 3 is 2.40 bits per heavy atom. The summed E-state index contributed by atoms with van der Waals surface area (Å²) < 4.78 is 53.0. The van der Waals surface area contributed by atoms with Crippen molar-refractivity contribution in [2.24, 2.45) is 0 Å². The van der Waals surface area contributed by atoms with Gasteiger partial charge in [0.25, 0.3) is 11.2 Å². The van der Waals surface area contributed by atoms with E-state index >= 15 is 0 Å². The molecule has 1 saturated heterocycles. The molecule has 0 radical (unpaired) electrons. The van der Waals surface area contributed by atoms with Crippen LogP contribution in [0, 0.1) is 10.1 Å². The van der Waals surface area contributed by atoms with E-state index in [1.54, 1.807) is 0 Å². The first-order valence-corrected chi connectivity index (χ1v) is 15.2. The van der Waals surface area contributed by atoms with E-state index in [1.807, 2.05) is 0 Å². The van der Waals surface area contributed by atoms with Crippen LogP contribution < -0.4 is 11.3 Å². The Balaban J connectivity index is 1.57. The highest BCUT2D eigenvalue weighted by Gasteiger charge is 2.43. The molecule has 1 aliphatic rings. The fourth-order valence-corrected chi connectivity index (χ4v) is 6.91. The smallest absolute Gasteiger partial charge is 0.390 e. The minimum Gasteiger partial charge on any atom is -0.390 e. The molecule has 0 aliphatic carbocycles. The summed E-state index contributed by atoms with van der Waals surface area (Å²) in [7, 11) is -16.8. The van der Waals surface area contributed by atoms with Gasteiger partial charge in [-0.2, -0.15) is 13.6 Å². The molecule has 8 N–H and O–H groups in total. The van der Waals surface area contributed by atoms with Gasteiger partial charge >= 0.3 is 23.5 Å². The minimum atomic E-state index is -5.74. The molecule has 5 atom stereocenters. The Labute approximate surface area is 221 Å². The van der Waals surface area contributed by atoms with Gasteiger partial charge in [0.15, 0.2) is 5.65 Å². The number of nitrogens with zero attached hydrogens (tertiary/aromatic N) is 3. The van der Waals surface area contributed by atoms with E-state index in [-0.39, 0.29) is 34.7 Å². The fourth-order valence-electron chi connectivity index (χ4n) is 3.88. The summed E-state index contributed by atoms with van der Waals surface area (Å²) in [6, 6.07) is 5.27. The van der Waals surface area contributed by atoms with Gasteiger partial charge in [-0.05, 0) is 17.7 Å². The number of ether oxygens (including phenoxy) is 1. The summed E-state index contributed by atoms with van der Waals surface area (Å²) in [6.07, 6.45) is -2.53. The van der Waals surface area contributed by atoms with Gasteiger partial charge in [0.2, 0.25) is 5.95 Å². The summed E-state index contributed by atoms with van der Waals surface area (Å²) in [5.41, 5.74) is 5.56. The van der Waals surface area contributed by atoms with Crippen LogP contribution in [0.2, 0.25) is 0 Å². The van der Waals surface area contributed by atoms with Crippen LogP contribution in [-0.2, 0) is 31.6 Å². The Hall–Kier alpha value is -2.83. The van der Waals surface area contributed by atoms with Crippen LogP contribution in [0.1, 0.15) is 12.6 Å². The fraction of sp³-hybridized carbons (Fsp3) is 0.294. The maximum Gasteiger partial charge on any atom is 0.490 e. The van der Waals surface area contributed by atoms with Crippen molar-refractivity contribution in [2.75, 3.05) is 12.3 Å². The first-order valence-electron chi connectivity index (χ1n) is 10.7. The topological polar surface area (TPSA) is 309 Å². The number of anilines is 1. The van der Waals surface area contributed by atoms with Crippen LogP contribution in [0.4, 0.5) is 11.6 Å². The van der Waals surface area contributed by atoms with E-state index in [4.69, 9.17) is 20.3 Å². The molecule has 23 heteroatoms. The number of nitrogens with one attached hydrogen (secondary N) is 1. The summed E-state index contributed by atoms with van der Waals surface area (Å²) in [5, 5.41) is 21.5. The van der Waals surface area contributed by atoms with Crippen LogP contribution in [0.15, 0.2) is 35.3 Å². The number of H-pyrrole nitrogens is 1. The van der Waals surface area contributed by atoms with Gasteiger partial charge in [-0.3, -0.25) is 24.4 Å². The minimum absolute atomic E-state index is 0.0142. The molecule has 1 aromatic carbocycles. The summed E-state index contributed by atoms with van der Waals surface area (Å²) in [5.74, 6) is -0.255. The average molecular weight is 627 g/mol. The third kappa shape index (κ3) is 6.90. The van der Waals surface area contributed by atoms with Gasteiger partial charge in [0, 0.05) is 30.3 Å². The van der Waals surface area contributed by atoms with E-state index in [1.165, 1.54) is 35.0 Å². The second kappa shape index (κ2) is 10.9. The number of benzene rings is 1. The number of nitro benzene ring substituents is 1. The molecule has 0 bridgehead atoms. The number of aliphatic hydroxyl groups is 1. The number of nitrogen functional groups attached to an aromatic ring is 1. The first kappa shape index (κ1) is 30.1. The first-order chi connectivity index (χ1) is 18.4. The number of aromatic nitrogens is 3. The normalized spacial score (nSPS) is 22.7. The maximum atomic E-state index is 12.8. The van der Waals surface area contributed by atoms with E-state index < -0.39 is 59.0 Å². The number of nitro groups is 1. The number of aromatic amines is 1. The number of phosphoric acid groups is 3. The van der Waals surface area contributed by atoms with Crippen molar-refractivity contribution in [1.82, 2.24) is 14.5 Å². The Kier molecular flexibility index (Phi) is 8.19. The maximum absolute atomic E-state index is 12.8. The molecular weight excluding hydrogens is 607 g/mol. The van der Waals surface area contributed by atoms with E-state index in [0.29, 0.717) is 5.56 Å². The predicted octanol–water partition coefficient (Wildman–Crippen LogP) is 0.874. The Morgan fingerprint density at radius 1 is 1.15 bits per heavy atom. The molecule has 0 saturated carbocycles. The van der Waals surface area contributed by atoms with Crippen molar-refractivity contribution in [1.29, 1.82) is 0 Å². The zero-order valence-corrected chi connectivity index (χ0v) is 22.3. The lowest BCUT2D eigenvalue weighted by molar-refractivity contribution is -0.384. The molecule has 2 aromatic heterocycles. The lowest BCUT2D eigenvalue weighted by Gasteiger charge is -2.19. The molecule has 3 aromatic rings. The summed E-state index contributed by atoms with van der Waals surface area (Å²) >= 11 is 0. The van der Waals surface area contributed by atoms with Gasteiger partial charge in [0.1, 0.15) is 12.3 Å². The highest BCUT2D eigenvalue weighted by molar-refractivity contribution is 7.66. The van der Waals surface area contributed by atoms with Gasteiger partial charge in [-0.25, -0.2) is 13.7 Å². The quantitative estimate of drug-likeness (QED) is 0.0931. The summed E-state index contributed by atoms with van der Waals surface area (Å²) in [6.45, 7) is -0.911. The third-order valence-electron chi connectivity index (χ3n) is 5.42.